The topological polar surface area (TPSA) is 68.3 Å². The lowest BCUT2D eigenvalue weighted by molar-refractivity contribution is 0.0523. The van der Waals surface area contributed by atoms with Gasteiger partial charge in [0, 0.05) is 19.2 Å². The Morgan fingerprint density at radius 2 is 1.95 bits per heavy atom. The molecule has 21 heavy (non-hydrogen) atoms. The lowest BCUT2D eigenvalue weighted by Crippen LogP contribution is -2.32. The molecule has 0 bridgehead atoms. The van der Waals surface area contributed by atoms with E-state index in [0.717, 1.165) is 5.56 Å². The molecule has 0 spiro atoms. The van der Waals surface area contributed by atoms with Crippen LogP contribution in [0.25, 0.3) is 0 Å². The van der Waals surface area contributed by atoms with Crippen LogP contribution in [0.1, 0.15) is 57.1 Å². The number of carbonyl (C=O) groups excluding carboxylic acids is 2. The van der Waals surface area contributed by atoms with Gasteiger partial charge < -0.3 is 10.1 Å². The number of carbonyl (C=O) groups is 2. The molecule has 5 heteroatoms. The maximum atomic E-state index is 11.8. The summed E-state index contributed by atoms with van der Waals surface area (Å²) in [5.41, 5.74) is 0.766. The van der Waals surface area contributed by atoms with E-state index in [-0.39, 0.29) is 5.78 Å². The average molecular weight is 292 g/mol. The lowest BCUT2D eigenvalue weighted by Gasteiger charge is -2.19. The van der Waals surface area contributed by atoms with Crippen LogP contribution in [0.4, 0.5) is 4.79 Å². The highest BCUT2D eigenvalue weighted by molar-refractivity contribution is 5.94. The number of rotatable bonds is 5. The molecular weight excluding hydrogens is 268 g/mol. The molecule has 1 N–H and O–H groups in total. The smallest absolute Gasteiger partial charge is 0.407 e. The number of ether oxygens (including phenoxy) is 1. The first-order chi connectivity index (χ1) is 9.67. The fourth-order valence-electron chi connectivity index (χ4n) is 1.66. The molecule has 0 aliphatic heterocycles. The largest absolute Gasteiger partial charge is 0.444 e. The van der Waals surface area contributed by atoms with Crippen LogP contribution in [0.2, 0.25) is 0 Å². The van der Waals surface area contributed by atoms with E-state index in [0.29, 0.717) is 24.6 Å². The molecule has 1 heterocycles. The SMILES string of the molecule is CC(C)CC(=O)c1ccc(CNC(=O)OC(C)(C)C)cn1. The number of amides is 1. The second-order valence-corrected chi connectivity index (χ2v) is 6.43. The highest BCUT2D eigenvalue weighted by Gasteiger charge is 2.15. The molecule has 0 unspecified atom stereocenters. The van der Waals surface area contributed by atoms with E-state index in [9.17, 15) is 9.59 Å². The Balaban J connectivity index is 2.52. The minimum absolute atomic E-state index is 0.0386. The van der Waals surface area contributed by atoms with Gasteiger partial charge in [0.05, 0.1) is 0 Å². The molecule has 0 aromatic carbocycles. The van der Waals surface area contributed by atoms with Gasteiger partial charge in [-0.25, -0.2) is 4.79 Å². The third-order valence-corrected chi connectivity index (χ3v) is 2.54. The quantitative estimate of drug-likeness (QED) is 0.845. The Hall–Kier alpha value is -1.91. The minimum atomic E-state index is -0.518. The van der Waals surface area contributed by atoms with Gasteiger partial charge >= 0.3 is 6.09 Å². The maximum Gasteiger partial charge on any atom is 0.407 e. The average Bonchev–Trinajstić information content (AvgIpc) is 2.34. The summed E-state index contributed by atoms with van der Waals surface area (Å²) in [6.45, 7) is 9.74. The number of aromatic nitrogens is 1. The Morgan fingerprint density at radius 1 is 1.29 bits per heavy atom. The van der Waals surface area contributed by atoms with Gasteiger partial charge in [-0.1, -0.05) is 19.9 Å². The first kappa shape index (κ1) is 17.1. The number of hydrogen-bond acceptors (Lipinski definition) is 4. The van der Waals surface area contributed by atoms with Gasteiger partial charge in [-0.2, -0.15) is 0 Å². The number of ketones is 1. The van der Waals surface area contributed by atoms with Gasteiger partial charge in [-0.15, -0.1) is 0 Å². The summed E-state index contributed by atoms with van der Waals surface area (Å²) in [6, 6.07) is 3.48. The zero-order valence-corrected chi connectivity index (χ0v) is 13.4. The van der Waals surface area contributed by atoms with Crippen LogP contribution in [0.3, 0.4) is 0 Å². The van der Waals surface area contributed by atoms with Gasteiger partial charge in [-0.3, -0.25) is 9.78 Å². The lowest BCUT2D eigenvalue weighted by atomic mass is 10.0. The fourth-order valence-corrected chi connectivity index (χ4v) is 1.66. The third kappa shape index (κ3) is 6.88. The van der Waals surface area contributed by atoms with Crippen molar-refractivity contribution in [2.75, 3.05) is 0 Å². The monoisotopic (exact) mass is 292 g/mol. The molecule has 0 saturated carbocycles. The van der Waals surface area contributed by atoms with Crippen LogP contribution >= 0.6 is 0 Å². The van der Waals surface area contributed by atoms with Crippen molar-refractivity contribution in [1.29, 1.82) is 0 Å². The first-order valence-corrected chi connectivity index (χ1v) is 7.12. The zero-order valence-electron chi connectivity index (χ0n) is 13.4. The minimum Gasteiger partial charge on any atom is -0.444 e. The van der Waals surface area contributed by atoms with Crippen LogP contribution in [-0.4, -0.2) is 22.5 Å². The van der Waals surface area contributed by atoms with E-state index in [2.05, 4.69) is 10.3 Å². The molecule has 116 valence electrons. The van der Waals surface area contributed by atoms with Gasteiger partial charge in [-0.05, 0) is 38.3 Å². The molecule has 1 aromatic rings. The van der Waals surface area contributed by atoms with Crippen LogP contribution in [0.5, 0.6) is 0 Å². The molecule has 0 aliphatic carbocycles. The number of hydrogen-bond donors (Lipinski definition) is 1. The molecule has 0 saturated heterocycles. The van der Waals surface area contributed by atoms with E-state index >= 15 is 0 Å². The van der Waals surface area contributed by atoms with Crippen LogP contribution in [0.15, 0.2) is 18.3 Å². The summed E-state index contributed by atoms with van der Waals surface area (Å²) >= 11 is 0. The van der Waals surface area contributed by atoms with Crippen molar-refractivity contribution in [2.45, 2.75) is 53.2 Å². The summed E-state index contributed by atoms with van der Waals surface area (Å²) in [4.78, 5) is 27.5. The highest BCUT2D eigenvalue weighted by atomic mass is 16.6. The normalized spacial score (nSPS) is 11.3. The molecule has 5 nitrogen and oxygen atoms in total. The molecule has 1 aromatic heterocycles. The predicted molar refractivity (Wildman–Crippen MR) is 81.1 cm³/mol. The van der Waals surface area contributed by atoms with Gasteiger partial charge in [0.15, 0.2) is 5.78 Å². The Bertz CT molecular complexity index is 487. The van der Waals surface area contributed by atoms with Crippen molar-refractivity contribution in [1.82, 2.24) is 10.3 Å². The number of pyridine rings is 1. The van der Waals surface area contributed by atoms with Gasteiger partial charge in [0.25, 0.3) is 0 Å². The summed E-state index contributed by atoms with van der Waals surface area (Å²) < 4.78 is 5.14. The van der Waals surface area contributed by atoms with E-state index in [1.165, 1.54) is 0 Å². The predicted octanol–water partition coefficient (Wildman–Crippen LogP) is 3.34. The van der Waals surface area contributed by atoms with Crippen LogP contribution < -0.4 is 5.32 Å². The van der Waals surface area contributed by atoms with E-state index in [4.69, 9.17) is 4.74 Å². The van der Waals surface area contributed by atoms with E-state index in [1.807, 2.05) is 34.6 Å². The summed E-state index contributed by atoms with van der Waals surface area (Å²) in [7, 11) is 0. The van der Waals surface area contributed by atoms with Gasteiger partial charge in [0.2, 0.25) is 0 Å². The molecule has 0 atom stereocenters. The van der Waals surface area contributed by atoms with E-state index < -0.39 is 11.7 Å². The molecular formula is C16H24N2O3. The van der Waals surface area contributed by atoms with Crippen LogP contribution in [0, 0.1) is 5.92 Å². The second kappa shape index (κ2) is 7.20. The van der Waals surface area contributed by atoms with Crippen LogP contribution in [-0.2, 0) is 11.3 Å². The summed E-state index contributed by atoms with van der Waals surface area (Å²) in [6.07, 6.45) is 1.62. The number of nitrogens with zero attached hydrogens (tertiary/aromatic N) is 1. The number of Topliss-reactive ketones (excluding diaryl/α,β-unsaturated/α-hetero) is 1. The van der Waals surface area contributed by atoms with Crippen molar-refractivity contribution in [3.8, 4) is 0 Å². The summed E-state index contributed by atoms with van der Waals surface area (Å²) in [5.74, 6) is 0.351. The Kier molecular flexibility index (Phi) is 5.88. The number of alkyl carbamates (subject to hydrolysis) is 1. The molecule has 0 aliphatic rings. The van der Waals surface area contributed by atoms with Crippen molar-refractivity contribution >= 4 is 11.9 Å². The third-order valence-electron chi connectivity index (χ3n) is 2.54. The highest BCUT2D eigenvalue weighted by Crippen LogP contribution is 2.09. The van der Waals surface area contributed by atoms with Crippen molar-refractivity contribution in [2.24, 2.45) is 5.92 Å². The second-order valence-electron chi connectivity index (χ2n) is 6.43. The Morgan fingerprint density at radius 3 is 2.43 bits per heavy atom. The molecule has 1 rings (SSSR count). The zero-order chi connectivity index (χ0) is 16.0. The summed E-state index contributed by atoms with van der Waals surface area (Å²) in [5, 5.41) is 2.65. The number of nitrogens with one attached hydrogen (secondary N) is 1. The molecule has 0 radical (unpaired) electrons. The first-order valence-electron chi connectivity index (χ1n) is 7.12. The van der Waals surface area contributed by atoms with E-state index in [1.54, 1.807) is 18.3 Å². The van der Waals surface area contributed by atoms with Crippen molar-refractivity contribution < 1.29 is 14.3 Å². The fraction of sp³-hybridized carbons (Fsp3) is 0.562. The Labute approximate surface area is 126 Å². The van der Waals surface area contributed by atoms with Gasteiger partial charge in [0.1, 0.15) is 11.3 Å². The molecule has 1 amide bonds. The maximum absolute atomic E-state index is 11.8. The molecule has 0 fully saturated rings. The van der Waals surface area contributed by atoms with Crippen molar-refractivity contribution in [3.63, 3.8) is 0 Å². The standard InChI is InChI=1S/C16H24N2O3/c1-11(2)8-14(19)13-7-6-12(9-17-13)10-18-15(20)21-16(3,4)5/h6-7,9,11H,8,10H2,1-5H3,(H,18,20). The van der Waals surface area contributed by atoms with Crippen molar-refractivity contribution in [3.05, 3.63) is 29.6 Å².